The van der Waals surface area contributed by atoms with Crippen LogP contribution in [0.15, 0.2) is 12.7 Å². The molecule has 0 aliphatic carbocycles. The lowest BCUT2D eigenvalue weighted by molar-refractivity contribution is -0.136. The molecule has 0 saturated heterocycles. The summed E-state index contributed by atoms with van der Waals surface area (Å²) in [5.74, 6) is -0.651. The first kappa shape index (κ1) is 16.4. The lowest BCUT2D eigenvalue weighted by atomic mass is 10.1. The molecule has 4 nitrogen and oxygen atoms in total. The molecule has 0 heterocycles. The summed E-state index contributed by atoms with van der Waals surface area (Å²) in [6.45, 7) is 5.37. The maximum absolute atomic E-state index is 11.6. The minimum Gasteiger partial charge on any atom is -0.452 e. The molecular formula is C12H23O4P. The lowest BCUT2D eigenvalue weighted by Gasteiger charge is -2.10. The third kappa shape index (κ3) is 10.3. The van der Waals surface area contributed by atoms with Crippen LogP contribution in [0.25, 0.3) is 0 Å². The van der Waals surface area contributed by atoms with E-state index in [0.29, 0.717) is 6.42 Å². The first-order valence-corrected chi connectivity index (χ1v) is 8.15. The SMILES string of the molecule is C=CC(=O)OCP(=O)(O)CCCCCCCC. The van der Waals surface area contributed by atoms with Gasteiger partial charge in [-0.15, -0.1) is 0 Å². The van der Waals surface area contributed by atoms with E-state index in [1.54, 1.807) is 0 Å². The van der Waals surface area contributed by atoms with Gasteiger partial charge in [0.25, 0.3) is 0 Å². The largest absolute Gasteiger partial charge is 0.452 e. The van der Waals surface area contributed by atoms with Crippen molar-refractivity contribution in [1.29, 1.82) is 0 Å². The summed E-state index contributed by atoms with van der Waals surface area (Å²) in [5.41, 5.74) is 0. The van der Waals surface area contributed by atoms with Gasteiger partial charge in [0.2, 0.25) is 7.37 Å². The van der Waals surface area contributed by atoms with Gasteiger partial charge < -0.3 is 9.63 Å². The third-order valence-electron chi connectivity index (χ3n) is 2.44. The van der Waals surface area contributed by atoms with Crippen LogP contribution in [-0.2, 0) is 14.1 Å². The molecule has 0 rings (SSSR count). The Balaban J connectivity index is 3.60. The second kappa shape index (κ2) is 9.43. The fraction of sp³-hybridized carbons (Fsp3) is 0.750. The van der Waals surface area contributed by atoms with Crippen molar-refractivity contribution in [3.63, 3.8) is 0 Å². The van der Waals surface area contributed by atoms with E-state index in [2.05, 4.69) is 18.2 Å². The highest BCUT2D eigenvalue weighted by Gasteiger charge is 2.19. The first-order chi connectivity index (χ1) is 8.02. The fourth-order valence-electron chi connectivity index (χ4n) is 1.43. The summed E-state index contributed by atoms with van der Waals surface area (Å²) in [5, 5.41) is 0. The van der Waals surface area contributed by atoms with Crippen molar-refractivity contribution in [3.8, 4) is 0 Å². The molecule has 0 spiro atoms. The number of unbranched alkanes of at least 4 members (excludes halogenated alkanes) is 5. The van der Waals surface area contributed by atoms with Gasteiger partial charge in [0.15, 0.2) is 6.35 Å². The van der Waals surface area contributed by atoms with Crippen LogP contribution < -0.4 is 0 Å². The number of ether oxygens (including phenoxy) is 1. The van der Waals surface area contributed by atoms with Gasteiger partial charge in [0.1, 0.15) is 0 Å². The number of hydrogen-bond donors (Lipinski definition) is 1. The van der Waals surface area contributed by atoms with Crippen LogP contribution in [0.1, 0.15) is 45.4 Å². The Hall–Kier alpha value is -0.600. The van der Waals surface area contributed by atoms with Crippen molar-refractivity contribution < 1.29 is 19.0 Å². The summed E-state index contributed by atoms with van der Waals surface area (Å²) >= 11 is 0. The summed E-state index contributed by atoms with van der Waals surface area (Å²) in [7, 11) is -3.31. The predicted molar refractivity (Wildman–Crippen MR) is 69.2 cm³/mol. The number of hydrogen-bond acceptors (Lipinski definition) is 3. The molecule has 0 aliphatic rings. The number of rotatable bonds is 10. The smallest absolute Gasteiger partial charge is 0.330 e. The molecule has 0 fully saturated rings. The summed E-state index contributed by atoms with van der Waals surface area (Å²) in [6.07, 6.45) is 7.17. The zero-order chi connectivity index (χ0) is 13.1. The van der Waals surface area contributed by atoms with Crippen LogP contribution in [0.4, 0.5) is 0 Å². The molecule has 0 amide bonds. The Morgan fingerprint density at radius 3 is 2.47 bits per heavy atom. The van der Waals surface area contributed by atoms with Crippen molar-refractivity contribution in [2.45, 2.75) is 45.4 Å². The normalized spacial score (nSPS) is 14.0. The Labute approximate surface area is 104 Å². The van der Waals surface area contributed by atoms with Gasteiger partial charge in [-0.25, -0.2) is 4.79 Å². The van der Waals surface area contributed by atoms with Crippen molar-refractivity contribution in [1.82, 2.24) is 0 Å². The van der Waals surface area contributed by atoms with E-state index in [1.165, 1.54) is 19.3 Å². The average Bonchev–Trinajstić information content (AvgIpc) is 2.30. The van der Waals surface area contributed by atoms with Gasteiger partial charge in [-0.05, 0) is 6.42 Å². The highest BCUT2D eigenvalue weighted by molar-refractivity contribution is 7.57. The molecule has 17 heavy (non-hydrogen) atoms. The summed E-state index contributed by atoms with van der Waals surface area (Å²) in [4.78, 5) is 20.2. The second-order valence-electron chi connectivity index (χ2n) is 4.13. The lowest BCUT2D eigenvalue weighted by Crippen LogP contribution is -2.04. The molecule has 1 N–H and O–H groups in total. The molecule has 1 unspecified atom stereocenters. The monoisotopic (exact) mass is 262 g/mol. The minimum absolute atomic E-state index is 0.226. The fourth-order valence-corrected chi connectivity index (χ4v) is 2.60. The van der Waals surface area contributed by atoms with Crippen LogP contribution in [0.3, 0.4) is 0 Å². The van der Waals surface area contributed by atoms with E-state index in [0.717, 1.165) is 18.9 Å². The highest BCUT2D eigenvalue weighted by Crippen LogP contribution is 2.41. The Kier molecular flexibility index (Phi) is 9.10. The molecule has 0 aromatic heterocycles. The minimum atomic E-state index is -3.31. The Bertz CT molecular complexity index is 276. The topological polar surface area (TPSA) is 63.6 Å². The van der Waals surface area contributed by atoms with Gasteiger partial charge in [-0.3, -0.25) is 4.57 Å². The second-order valence-corrected chi connectivity index (χ2v) is 6.53. The Morgan fingerprint density at radius 1 is 1.29 bits per heavy atom. The van der Waals surface area contributed by atoms with E-state index in [1.807, 2.05) is 0 Å². The van der Waals surface area contributed by atoms with Crippen LogP contribution >= 0.6 is 7.37 Å². The maximum atomic E-state index is 11.6. The third-order valence-corrected chi connectivity index (χ3v) is 3.98. The summed E-state index contributed by atoms with van der Waals surface area (Å²) < 4.78 is 16.1. The Morgan fingerprint density at radius 2 is 1.88 bits per heavy atom. The number of carbonyl (C=O) groups is 1. The molecule has 100 valence electrons. The number of carbonyl (C=O) groups excluding carboxylic acids is 1. The zero-order valence-electron chi connectivity index (χ0n) is 10.6. The molecule has 0 aromatic carbocycles. The highest BCUT2D eigenvalue weighted by atomic mass is 31.2. The van der Waals surface area contributed by atoms with Crippen molar-refractivity contribution in [2.75, 3.05) is 12.5 Å². The molecule has 0 radical (unpaired) electrons. The van der Waals surface area contributed by atoms with E-state index >= 15 is 0 Å². The van der Waals surface area contributed by atoms with Crippen LogP contribution in [0.2, 0.25) is 0 Å². The maximum Gasteiger partial charge on any atom is 0.330 e. The van der Waals surface area contributed by atoms with Gasteiger partial charge >= 0.3 is 5.97 Å². The van der Waals surface area contributed by atoms with Crippen LogP contribution in [0, 0.1) is 0 Å². The zero-order valence-corrected chi connectivity index (χ0v) is 11.5. The average molecular weight is 262 g/mol. The first-order valence-electron chi connectivity index (χ1n) is 6.12. The standard InChI is InChI=1S/C12H23O4P/c1-3-5-6-7-8-9-10-17(14,15)11-16-12(13)4-2/h4H,2-3,5-11H2,1H3,(H,14,15). The van der Waals surface area contributed by atoms with Gasteiger partial charge in [0.05, 0.1) is 0 Å². The van der Waals surface area contributed by atoms with Gasteiger partial charge in [0, 0.05) is 12.2 Å². The van der Waals surface area contributed by atoms with Gasteiger partial charge in [-0.1, -0.05) is 45.6 Å². The molecule has 1 atom stereocenters. The van der Waals surface area contributed by atoms with Gasteiger partial charge in [-0.2, -0.15) is 0 Å². The van der Waals surface area contributed by atoms with Crippen molar-refractivity contribution in [3.05, 3.63) is 12.7 Å². The molecule has 5 heteroatoms. The van der Waals surface area contributed by atoms with Crippen molar-refractivity contribution >= 4 is 13.3 Å². The van der Waals surface area contributed by atoms with Crippen LogP contribution in [0.5, 0.6) is 0 Å². The van der Waals surface area contributed by atoms with Crippen LogP contribution in [-0.4, -0.2) is 23.4 Å². The molecule has 0 aromatic rings. The van der Waals surface area contributed by atoms with E-state index in [9.17, 15) is 14.3 Å². The predicted octanol–water partition coefficient (Wildman–Crippen LogP) is 3.30. The quantitative estimate of drug-likeness (QED) is 0.284. The summed E-state index contributed by atoms with van der Waals surface area (Å²) in [6, 6.07) is 0. The number of esters is 1. The molecule has 0 bridgehead atoms. The molecule has 0 saturated carbocycles. The van der Waals surface area contributed by atoms with Crippen molar-refractivity contribution in [2.24, 2.45) is 0 Å². The van der Waals surface area contributed by atoms with E-state index < -0.39 is 19.7 Å². The molecular weight excluding hydrogens is 239 g/mol. The molecule has 0 aliphatic heterocycles. The van der Waals surface area contributed by atoms with E-state index in [4.69, 9.17) is 0 Å². The van der Waals surface area contributed by atoms with E-state index in [-0.39, 0.29) is 6.16 Å².